The SMILES string of the molecule is COCCOC1C(N)CC1Oc1cc(Br)cc(F)c1F. The maximum Gasteiger partial charge on any atom is 0.200 e. The summed E-state index contributed by atoms with van der Waals surface area (Å²) in [6.07, 6.45) is -0.192. The average molecular weight is 352 g/mol. The van der Waals surface area contributed by atoms with Gasteiger partial charge < -0.3 is 19.9 Å². The number of ether oxygens (including phenoxy) is 3. The molecule has 112 valence electrons. The highest BCUT2D eigenvalue weighted by molar-refractivity contribution is 9.10. The summed E-state index contributed by atoms with van der Waals surface area (Å²) in [6, 6.07) is 2.26. The molecular formula is C13H16BrF2NO3. The smallest absolute Gasteiger partial charge is 0.200 e. The first-order valence-corrected chi connectivity index (χ1v) is 6.99. The van der Waals surface area contributed by atoms with E-state index in [1.807, 2.05) is 0 Å². The summed E-state index contributed by atoms with van der Waals surface area (Å²) in [6.45, 7) is 0.819. The van der Waals surface area contributed by atoms with Crippen molar-refractivity contribution in [2.45, 2.75) is 24.7 Å². The first-order valence-electron chi connectivity index (χ1n) is 6.20. The molecule has 1 aromatic carbocycles. The van der Waals surface area contributed by atoms with E-state index in [-0.39, 0.29) is 24.0 Å². The lowest BCUT2D eigenvalue weighted by atomic mass is 9.86. The van der Waals surface area contributed by atoms with Crippen LogP contribution in [0.1, 0.15) is 6.42 Å². The molecule has 3 atom stereocenters. The molecule has 3 unspecified atom stereocenters. The summed E-state index contributed by atoms with van der Waals surface area (Å²) in [4.78, 5) is 0. The number of rotatable bonds is 6. The number of methoxy groups -OCH3 is 1. The molecular weight excluding hydrogens is 336 g/mol. The molecule has 0 spiro atoms. The van der Waals surface area contributed by atoms with Crippen LogP contribution in [0.5, 0.6) is 5.75 Å². The second-order valence-electron chi connectivity index (χ2n) is 4.58. The Balaban J connectivity index is 1.99. The lowest BCUT2D eigenvalue weighted by Crippen LogP contribution is -2.59. The number of hydrogen-bond donors (Lipinski definition) is 1. The van der Waals surface area contributed by atoms with Crippen LogP contribution in [-0.4, -0.2) is 38.6 Å². The van der Waals surface area contributed by atoms with Crippen molar-refractivity contribution in [3.63, 3.8) is 0 Å². The summed E-state index contributed by atoms with van der Waals surface area (Å²) < 4.78 is 43.2. The Morgan fingerprint density at radius 2 is 2.10 bits per heavy atom. The zero-order valence-corrected chi connectivity index (χ0v) is 12.5. The minimum absolute atomic E-state index is 0.144. The lowest BCUT2D eigenvalue weighted by molar-refractivity contribution is -0.107. The maximum absolute atomic E-state index is 13.6. The molecule has 1 fully saturated rings. The van der Waals surface area contributed by atoms with Gasteiger partial charge in [0.15, 0.2) is 11.6 Å². The molecule has 0 aromatic heterocycles. The Hall–Kier alpha value is -0.760. The summed E-state index contributed by atoms with van der Waals surface area (Å²) in [5.74, 6) is -2.12. The minimum Gasteiger partial charge on any atom is -0.484 e. The van der Waals surface area contributed by atoms with E-state index < -0.39 is 11.6 Å². The first kappa shape index (κ1) is 15.6. The van der Waals surface area contributed by atoms with Gasteiger partial charge in [0.2, 0.25) is 5.82 Å². The quantitative estimate of drug-likeness (QED) is 0.630. The van der Waals surface area contributed by atoms with E-state index in [4.69, 9.17) is 19.9 Å². The van der Waals surface area contributed by atoms with Gasteiger partial charge in [0.25, 0.3) is 0 Å². The second kappa shape index (κ2) is 6.80. The van der Waals surface area contributed by atoms with Crippen molar-refractivity contribution in [3.05, 3.63) is 28.2 Å². The summed E-state index contributed by atoms with van der Waals surface area (Å²) in [5, 5.41) is 0. The van der Waals surface area contributed by atoms with E-state index in [1.165, 1.54) is 6.07 Å². The summed E-state index contributed by atoms with van der Waals surface area (Å²) in [5.41, 5.74) is 5.82. The Morgan fingerprint density at radius 3 is 2.75 bits per heavy atom. The second-order valence-corrected chi connectivity index (χ2v) is 5.50. The fraction of sp³-hybridized carbons (Fsp3) is 0.538. The Labute approximate surface area is 124 Å². The van der Waals surface area contributed by atoms with E-state index >= 15 is 0 Å². The molecule has 0 aliphatic heterocycles. The lowest BCUT2D eigenvalue weighted by Gasteiger charge is -2.41. The molecule has 0 saturated heterocycles. The van der Waals surface area contributed by atoms with Crippen LogP contribution < -0.4 is 10.5 Å². The molecule has 4 nitrogen and oxygen atoms in total. The van der Waals surface area contributed by atoms with Gasteiger partial charge in [-0.25, -0.2) is 4.39 Å². The van der Waals surface area contributed by atoms with Crippen LogP contribution in [0.3, 0.4) is 0 Å². The van der Waals surface area contributed by atoms with Crippen LogP contribution in [0.2, 0.25) is 0 Å². The van der Waals surface area contributed by atoms with Gasteiger partial charge in [-0.15, -0.1) is 0 Å². The molecule has 0 amide bonds. The van der Waals surface area contributed by atoms with E-state index in [2.05, 4.69) is 15.9 Å². The molecule has 20 heavy (non-hydrogen) atoms. The standard InChI is InChI=1S/C13H16BrF2NO3/c1-18-2-3-19-13-9(17)6-11(13)20-10-5-7(14)4-8(15)12(10)16/h4-5,9,11,13H,2-3,6,17H2,1H3. The van der Waals surface area contributed by atoms with Crippen molar-refractivity contribution in [1.29, 1.82) is 0 Å². The maximum atomic E-state index is 13.6. The van der Waals surface area contributed by atoms with E-state index in [1.54, 1.807) is 7.11 Å². The van der Waals surface area contributed by atoms with E-state index in [9.17, 15) is 8.78 Å². The molecule has 0 radical (unpaired) electrons. The average Bonchev–Trinajstić information content (AvgIpc) is 2.39. The molecule has 1 saturated carbocycles. The molecule has 7 heteroatoms. The van der Waals surface area contributed by atoms with Crippen molar-refractivity contribution in [2.24, 2.45) is 5.73 Å². The monoisotopic (exact) mass is 351 g/mol. The van der Waals surface area contributed by atoms with Gasteiger partial charge in [0.1, 0.15) is 12.2 Å². The largest absolute Gasteiger partial charge is 0.484 e. The van der Waals surface area contributed by atoms with Gasteiger partial charge in [-0.1, -0.05) is 15.9 Å². The molecule has 2 rings (SSSR count). The predicted octanol–water partition coefficient (Wildman–Crippen LogP) is 2.24. The van der Waals surface area contributed by atoms with Crippen LogP contribution in [0.4, 0.5) is 8.78 Å². The van der Waals surface area contributed by atoms with E-state index in [0.717, 1.165) is 6.07 Å². The Bertz CT molecular complexity index is 475. The van der Waals surface area contributed by atoms with Gasteiger partial charge in [-0.2, -0.15) is 4.39 Å². The molecule has 1 aliphatic carbocycles. The number of halogens is 3. The van der Waals surface area contributed by atoms with Crippen molar-refractivity contribution in [1.82, 2.24) is 0 Å². The van der Waals surface area contributed by atoms with Gasteiger partial charge in [0.05, 0.1) is 13.2 Å². The predicted molar refractivity (Wildman–Crippen MR) is 72.7 cm³/mol. The number of nitrogens with two attached hydrogens (primary N) is 1. The normalized spacial score (nSPS) is 25.4. The third-order valence-electron chi connectivity index (χ3n) is 3.13. The highest BCUT2D eigenvalue weighted by atomic mass is 79.9. The van der Waals surface area contributed by atoms with Gasteiger partial charge in [-0.05, 0) is 12.1 Å². The minimum atomic E-state index is -1.01. The van der Waals surface area contributed by atoms with Crippen LogP contribution in [0.25, 0.3) is 0 Å². The fourth-order valence-corrected chi connectivity index (χ4v) is 2.42. The Morgan fingerprint density at radius 1 is 1.35 bits per heavy atom. The molecule has 0 heterocycles. The van der Waals surface area contributed by atoms with Crippen molar-refractivity contribution >= 4 is 15.9 Å². The van der Waals surface area contributed by atoms with Gasteiger partial charge in [-0.3, -0.25) is 0 Å². The molecule has 0 bridgehead atoms. The third kappa shape index (κ3) is 3.46. The highest BCUT2D eigenvalue weighted by Gasteiger charge is 2.42. The molecule has 1 aromatic rings. The van der Waals surface area contributed by atoms with E-state index in [0.29, 0.717) is 24.1 Å². The van der Waals surface area contributed by atoms with Gasteiger partial charge >= 0.3 is 0 Å². The zero-order chi connectivity index (χ0) is 14.7. The third-order valence-corrected chi connectivity index (χ3v) is 3.59. The van der Waals surface area contributed by atoms with Crippen LogP contribution in [-0.2, 0) is 9.47 Å². The van der Waals surface area contributed by atoms with Crippen LogP contribution in [0.15, 0.2) is 16.6 Å². The van der Waals surface area contributed by atoms with Crippen molar-refractivity contribution < 1.29 is 23.0 Å². The van der Waals surface area contributed by atoms with Crippen LogP contribution in [0, 0.1) is 11.6 Å². The Kier molecular flexibility index (Phi) is 5.31. The summed E-state index contributed by atoms with van der Waals surface area (Å²) in [7, 11) is 1.57. The number of hydrogen-bond acceptors (Lipinski definition) is 4. The van der Waals surface area contributed by atoms with Crippen molar-refractivity contribution in [3.8, 4) is 5.75 Å². The first-order chi connectivity index (χ1) is 9.52. The molecule has 1 aliphatic rings. The topological polar surface area (TPSA) is 53.7 Å². The number of benzene rings is 1. The highest BCUT2D eigenvalue weighted by Crippen LogP contribution is 2.32. The fourth-order valence-electron chi connectivity index (χ4n) is 2.01. The molecule has 2 N–H and O–H groups in total. The zero-order valence-electron chi connectivity index (χ0n) is 10.9. The summed E-state index contributed by atoms with van der Waals surface area (Å²) >= 11 is 3.10. The van der Waals surface area contributed by atoms with Gasteiger partial charge in [0, 0.05) is 24.0 Å². The van der Waals surface area contributed by atoms with Crippen LogP contribution >= 0.6 is 15.9 Å². The van der Waals surface area contributed by atoms with Crippen molar-refractivity contribution in [2.75, 3.05) is 20.3 Å².